The Labute approximate surface area is 105 Å². The van der Waals surface area contributed by atoms with Crippen LogP contribution in [0.15, 0.2) is 18.3 Å². The number of nitrogens with zero attached hydrogens (tertiary/aromatic N) is 1. The number of sulfonamides is 1. The van der Waals surface area contributed by atoms with Crippen molar-refractivity contribution in [1.82, 2.24) is 9.71 Å². The molecule has 0 aromatic carbocycles. The van der Waals surface area contributed by atoms with Crippen molar-refractivity contribution >= 4 is 21.7 Å². The van der Waals surface area contributed by atoms with E-state index < -0.39 is 16.0 Å². The summed E-state index contributed by atoms with van der Waals surface area (Å²) in [5, 5.41) is 11.8. The van der Waals surface area contributed by atoms with Crippen LogP contribution >= 0.6 is 0 Å². The molecule has 0 aliphatic rings. The Balaban J connectivity index is 2.42. The summed E-state index contributed by atoms with van der Waals surface area (Å²) in [5.74, 6) is -1.10. The van der Waals surface area contributed by atoms with Crippen LogP contribution in [0.5, 0.6) is 0 Å². The molecule has 0 aliphatic heterocycles. The van der Waals surface area contributed by atoms with Crippen molar-refractivity contribution < 1.29 is 18.3 Å². The van der Waals surface area contributed by atoms with E-state index in [9.17, 15) is 13.2 Å². The van der Waals surface area contributed by atoms with Gasteiger partial charge in [0.05, 0.1) is 11.9 Å². The number of aromatic carboxylic acids is 1. The monoisotopic (exact) mass is 273 g/mol. The predicted octanol–water partition coefficient (Wildman–Crippen LogP) is 0.131. The van der Waals surface area contributed by atoms with E-state index >= 15 is 0 Å². The first-order valence-electron chi connectivity index (χ1n) is 5.27. The third kappa shape index (κ3) is 5.11. The summed E-state index contributed by atoms with van der Waals surface area (Å²) in [5.41, 5.74) is 0.373. The normalized spacial score (nSPS) is 11.2. The number of nitrogens with one attached hydrogen (secondary N) is 2. The Morgan fingerprint density at radius 3 is 2.78 bits per heavy atom. The highest BCUT2D eigenvalue weighted by atomic mass is 32.2. The quantitative estimate of drug-likeness (QED) is 0.609. The fourth-order valence-corrected chi connectivity index (χ4v) is 1.80. The summed E-state index contributed by atoms with van der Waals surface area (Å²) in [6.45, 7) is 0.753. The number of hydrogen-bond acceptors (Lipinski definition) is 5. The average molecular weight is 273 g/mol. The lowest BCUT2D eigenvalue weighted by Crippen LogP contribution is -2.24. The zero-order valence-corrected chi connectivity index (χ0v) is 10.7. The van der Waals surface area contributed by atoms with E-state index in [1.165, 1.54) is 6.20 Å². The molecule has 0 unspecified atom stereocenters. The number of anilines is 1. The first kappa shape index (κ1) is 14.4. The van der Waals surface area contributed by atoms with Gasteiger partial charge in [-0.15, -0.1) is 0 Å². The van der Waals surface area contributed by atoms with E-state index in [1.807, 2.05) is 0 Å². The molecule has 1 aromatic rings. The highest BCUT2D eigenvalue weighted by Gasteiger charge is 2.09. The van der Waals surface area contributed by atoms with Crippen LogP contribution in [0, 0.1) is 0 Å². The van der Waals surface area contributed by atoms with Crippen LogP contribution in [0.4, 0.5) is 5.69 Å². The van der Waals surface area contributed by atoms with Crippen molar-refractivity contribution in [2.45, 2.75) is 6.42 Å². The number of carboxylic acids is 1. The van der Waals surface area contributed by atoms with E-state index in [-0.39, 0.29) is 5.69 Å². The lowest BCUT2D eigenvalue weighted by Gasteiger charge is -2.08. The number of aromatic nitrogens is 1. The summed E-state index contributed by atoms with van der Waals surface area (Å²) < 4.78 is 23.9. The van der Waals surface area contributed by atoms with Crippen molar-refractivity contribution in [3.63, 3.8) is 0 Å². The topological polar surface area (TPSA) is 108 Å². The molecule has 0 aliphatic carbocycles. The van der Waals surface area contributed by atoms with Gasteiger partial charge in [-0.05, 0) is 18.6 Å². The maximum Gasteiger partial charge on any atom is 0.356 e. The molecule has 1 aromatic heterocycles. The lowest BCUT2D eigenvalue weighted by molar-refractivity contribution is 0.0691. The summed E-state index contributed by atoms with van der Waals surface area (Å²) in [6.07, 6.45) is 3.03. The maximum atomic E-state index is 10.8. The molecule has 8 heteroatoms. The van der Waals surface area contributed by atoms with Gasteiger partial charge in [-0.2, -0.15) is 0 Å². The summed E-state index contributed by atoms with van der Waals surface area (Å²) in [6, 6.07) is 3.24. The van der Waals surface area contributed by atoms with E-state index in [0.29, 0.717) is 25.2 Å². The molecule has 7 nitrogen and oxygen atoms in total. The van der Waals surface area contributed by atoms with Crippen LogP contribution in [0.3, 0.4) is 0 Å². The zero-order chi connectivity index (χ0) is 13.6. The van der Waals surface area contributed by atoms with E-state index in [0.717, 1.165) is 6.26 Å². The first-order chi connectivity index (χ1) is 8.40. The zero-order valence-electron chi connectivity index (χ0n) is 9.88. The van der Waals surface area contributed by atoms with Gasteiger partial charge in [0.1, 0.15) is 0 Å². The Kier molecular flexibility index (Phi) is 5.05. The summed E-state index contributed by atoms with van der Waals surface area (Å²) in [4.78, 5) is 14.6. The molecule has 3 N–H and O–H groups in total. The molecule has 0 saturated heterocycles. The van der Waals surface area contributed by atoms with Gasteiger partial charge in [0.2, 0.25) is 10.0 Å². The lowest BCUT2D eigenvalue weighted by atomic mass is 10.3. The van der Waals surface area contributed by atoms with E-state index in [4.69, 9.17) is 5.11 Å². The van der Waals surface area contributed by atoms with Crippen LogP contribution in [0.1, 0.15) is 16.9 Å². The highest BCUT2D eigenvalue weighted by Crippen LogP contribution is 2.11. The second-order valence-electron chi connectivity index (χ2n) is 3.65. The average Bonchev–Trinajstić information content (AvgIpc) is 2.27. The molecule has 0 bridgehead atoms. The standard InChI is InChI=1S/C10H15N3O4S/c1-18(16,17)13-7-3-6-11-8-4-2-5-12-9(8)10(14)15/h2,4-5,11,13H,3,6-7H2,1H3,(H,14,15). The van der Waals surface area contributed by atoms with Gasteiger partial charge >= 0.3 is 5.97 Å². The van der Waals surface area contributed by atoms with Gasteiger partial charge in [-0.1, -0.05) is 0 Å². The fraction of sp³-hybridized carbons (Fsp3) is 0.400. The van der Waals surface area contributed by atoms with Gasteiger partial charge in [0.15, 0.2) is 5.69 Å². The first-order valence-corrected chi connectivity index (χ1v) is 7.16. The molecule has 0 radical (unpaired) electrons. The SMILES string of the molecule is CS(=O)(=O)NCCCNc1cccnc1C(=O)O. The second kappa shape index (κ2) is 6.31. The van der Waals surface area contributed by atoms with Crippen LogP contribution in [-0.4, -0.2) is 43.8 Å². The smallest absolute Gasteiger partial charge is 0.356 e. The van der Waals surface area contributed by atoms with Crippen molar-refractivity contribution in [3.8, 4) is 0 Å². The minimum Gasteiger partial charge on any atom is -0.476 e. The maximum absolute atomic E-state index is 10.8. The van der Waals surface area contributed by atoms with Crippen molar-refractivity contribution in [3.05, 3.63) is 24.0 Å². The largest absolute Gasteiger partial charge is 0.476 e. The Bertz CT molecular complexity index is 516. The minimum atomic E-state index is -3.18. The van der Waals surface area contributed by atoms with Gasteiger partial charge in [-0.3, -0.25) is 0 Å². The Hall–Kier alpha value is -1.67. The van der Waals surface area contributed by atoms with Crippen LogP contribution in [0.25, 0.3) is 0 Å². The summed E-state index contributed by atoms with van der Waals surface area (Å²) in [7, 11) is -3.18. The molecule has 18 heavy (non-hydrogen) atoms. The van der Waals surface area contributed by atoms with Gasteiger partial charge in [-0.25, -0.2) is 22.9 Å². The molecule has 0 spiro atoms. The van der Waals surface area contributed by atoms with Crippen LogP contribution in [0.2, 0.25) is 0 Å². The van der Waals surface area contributed by atoms with E-state index in [2.05, 4.69) is 15.0 Å². The van der Waals surface area contributed by atoms with Gasteiger partial charge in [0.25, 0.3) is 0 Å². The molecule has 1 heterocycles. The van der Waals surface area contributed by atoms with Crippen molar-refractivity contribution in [2.75, 3.05) is 24.7 Å². The number of carbonyl (C=O) groups is 1. The van der Waals surface area contributed by atoms with Gasteiger partial charge < -0.3 is 10.4 Å². The van der Waals surface area contributed by atoms with Crippen molar-refractivity contribution in [1.29, 1.82) is 0 Å². The molecule has 1 rings (SSSR count). The fourth-order valence-electron chi connectivity index (χ4n) is 1.29. The molecule has 0 atom stereocenters. The molecule has 0 saturated carbocycles. The number of pyridine rings is 1. The predicted molar refractivity (Wildman–Crippen MR) is 67.1 cm³/mol. The molecule has 0 amide bonds. The number of carboxylic acid groups (broad SMARTS) is 1. The van der Waals surface area contributed by atoms with Crippen LogP contribution in [-0.2, 0) is 10.0 Å². The molecule has 0 fully saturated rings. The summed E-state index contributed by atoms with van der Waals surface area (Å²) >= 11 is 0. The Morgan fingerprint density at radius 1 is 1.44 bits per heavy atom. The van der Waals surface area contributed by atoms with Gasteiger partial charge in [0, 0.05) is 19.3 Å². The number of rotatable bonds is 7. The Morgan fingerprint density at radius 2 is 2.17 bits per heavy atom. The molecular weight excluding hydrogens is 258 g/mol. The second-order valence-corrected chi connectivity index (χ2v) is 5.48. The molecular formula is C10H15N3O4S. The third-order valence-electron chi connectivity index (χ3n) is 2.04. The van der Waals surface area contributed by atoms with E-state index in [1.54, 1.807) is 12.1 Å². The van der Waals surface area contributed by atoms with Crippen molar-refractivity contribution in [2.24, 2.45) is 0 Å². The number of hydrogen-bond donors (Lipinski definition) is 3. The van der Waals surface area contributed by atoms with Crippen LogP contribution < -0.4 is 10.0 Å². The minimum absolute atomic E-state index is 0.0476. The third-order valence-corrected chi connectivity index (χ3v) is 2.77. The highest BCUT2D eigenvalue weighted by molar-refractivity contribution is 7.88. The molecule has 100 valence electrons.